The predicted molar refractivity (Wildman–Crippen MR) is 81.3 cm³/mol. The first-order valence-corrected chi connectivity index (χ1v) is 7.46. The van der Waals surface area contributed by atoms with Crippen molar-refractivity contribution in [3.8, 4) is 5.75 Å². The summed E-state index contributed by atoms with van der Waals surface area (Å²) < 4.78 is 5.45. The topological polar surface area (TPSA) is 29.5 Å². The molecule has 2 atom stereocenters. The average molecular weight is 275 g/mol. The summed E-state index contributed by atoms with van der Waals surface area (Å²) in [5, 5.41) is 0. The third kappa shape index (κ3) is 3.21. The van der Waals surface area contributed by atoms with E-state index in [0.29, 0.717) is 12.1 Å². The van der Waals surface area contributed by atoms with Crippen LogP contribution in [0.3, 0.4) is 0 Å². The minimum Gasteiger partial charge on any atom is -0.496 e. The maximum atomic E-state index is 11.6. The average Bonchev–Trinajstić information content (AvgIpc) is 2.42. The lowest BCUT2D eigenvalue weighted by atomic mass is 9.96. The van der Waals surface area contributed by atoms with E-state index >= 15 is 0 Å². The van der Waals surface area contributed by atoms with Gasteiger partial charge in [-0.1, -0.05) is 6.42 Å². The molecule has 1 aliphatic rings. The number of nitrogens with zero attached hydrogens (tertiary/aromatic N) is 1. The Kier molecular flexibility index (Phi) is 4.81. The summed E-state index contributed by atoms with van der Waals surface area (Å²) in [7, 11) is 1.69. The molecule has 3 heteroatoms. The third-order valence-corrected chi connectivity index (χ3v) is 4.42. The molecule has 1 fully saturated rings. The Balaban J connectivity index is 2.26. The fourth-order valence-corrected chi connectivity index (χ4v) is 3.10. The summed E-state index contributed by atoms with van der Waals surface area (Å²) in [6.07, 6.45) is 3.81. The smallest absolute Gasteiger partial charge is 0.159 e. The Morgan fingerprint density at radius 3 is 2.50 bits per heavy atom. The van der Waals surface area contributed by atoms with Crippen molar-refractivity contribution in [2.45, 2.75) is 58.7 Å². The molecule has 1 saturated heterocycles. The van der Waals surface area contributed by atoms with Gasteiger partial charge < -0.3 is 4.74 Å². The molecule has 0 radical (unpaired) electrons. The summed E-state index contributed by atoms with van der Waals surface area (Å²) >= 11 is 0. The summed E-state index contributed by atoms with van der Waals surface area (Å²) in [5.41, 5.74) is 1.87. The molecule has 1 aromatic rings. The predicted octanol–water partition coefficient (Wildman–Crippen LogP) is 3.66. The van der Waals surface area contributed by atoms with Crippen LogP contribution in [0.2, 0.25) is 0 Å². The van der Waals surface area contributed by atoms with Crippen LogP contribution >= 0.6 is 0 Å². The van der Waals surface area contributed by atoms with Gasteiger partial charge in [-0.05, 0) is 51.8 Å². The van der Waals surface area contributed by atoms with Gasteiger partial charge in [0.2, 0.25) is 0 Å². The molecule has 1 aromatic carbocycles. The van der Waals surface area contributed by atoms with E-state index in [1.807, 2.05) is 18.2 Å². The van der Waals surface area contributed by atoms with Crippen molar-refractivity contribution >= 4 is 5.78 Å². The van der Waals surface area contributed by atoms with Gasteiger partial charge in [0.1, 0.15) is 5.75 Å². The minimum atomic E-state index is 0.105. The summed E-state index contributed by atoms with van der Waals surface area (Å²) in [6.45, 7) is 7.04. The normalized spacial score (nSPS) is 23.6. The number of carbonyl (C=O) groups excluding carboxylic acids is 1. The Hall–Kier alpha value is -1.35. The number of methoxy groups -OCH3 is 1. The lowest BCUT2D eigenvalue weighted by Crippen LogP contribution is -2.43. The monoisotopic (exact) mass is 275 g/mol. The molecule has 3 nitrogen and oxygen atoms in total. The zero-order valence-corrected chi connectivity index (χ0v) is 13.0. The van der Waals surface area contributed by atoms with Crippen molar-refractivity contribution < 1.29 is 9.53 Å². The van der Waals surface area contributed by atoms with Gasteiger partial charge in [-0.25, -0.2) is 0 Å². The number of hydrogen-bond acceptors (Lipinski definition) is 3. The van der Waals surface area contributed by atoms with Crippen LogP contribution in [0.5, 0.6) is 5.75 Å². The number of hydrogen-bond donors (Lipinski definition) is 0. The van der Waals surface area contributed by atoms with E-state index in [-0.39, 0.29) is 5.78 Å². The molecule has 0 amide bonds. The number of carbonyl (C=O) groups is 1. The van der Waals surface area contributed by atoms with Crippen molar-refractivity contribution in [3.63, 3.8) is 0 Å². The number of rotatable bonds is 4. The molecule has 110 valence electrons. The zero-order chi connectivity index (χ0) is 14.7. The van der Waals surface area contributed by atoms with Crippen LogP contribution in [0.15, 0.2) is 18.2 Å². The molecule has 0 spiro atoms. The largest absolute Gasteiger partial charge is 0.496 e. The zero-order valence-electron chi connectivity index (χ0n) is 13.0. The van der Waals surface area contributed by atoms with Crippen LogP contribution < -0.4 is 4.74 Å². The number of ether oxygens (including phenoxy) is 1. The highest BCUT2D eigenvalue weighted by molar-refractivity contribution is 5.94. The van der Waals surface area contributed by atoms with E-state index in [0.717, 1.165) is 23.4 Å². The van der Waals surface area contributed by atoms with E-state index in [4.69, 9.17) is 4.74 Å². The van der Waals surface area contributed by atoms with Crippen molar-refractivity contribution in [1.82, 2.24) is 4.90 Å². The van der Waals surface area contributed by atoms with E-state index < -0.39 is 0 Å². The number of benzene rings is 1. The Morgan fingerprint density at radius 1 is 1.30 bits per heavy atom. The Labute approximate surface area is 121 Å². The Morgan fingerprint density at radius 2 is 1.95 bits per heavy atom. The van der Waals surface area contributed by atoms with Gasteiger partial charge >= 0.3 is 0 Å². The van der Waals surface area contributed by atoms with Gasteiger partial charge in [0.25, 0.3) is 0 Å². The first kappa shape index (κ1) is 15.0. The van der Waals surface area contributed by atoms with Gasteiger partial charge in [0.05, 0.1) is 7.11 Å². The molecule has 0 bridgehead atoms. The standard InChI is InChI=1S/C17H25NO2/c1-12-6-5-7-13(2)18(12)11-16-10-15(14(3)19)8-9-17(16)20-4/h8-10,12-13H,5-7,11H2,1-4H3. The second-order valence-corrected chi connectivity index (χ2v) is 5.88. The highest BCUT2D eigenvalue weighted by atomic mass is 16.5. The fourth-order valence-electron chi connectivity index (χ4n) is 3.10. The highest BCUT2D eigenvalue weighted by Gasteiger charge is 2.25. The van der Waals surface area contributed by atoms with Gasteiger partial charge in [-0.15, -0.1) is 0 Å². The minimum absolute atomic E-state index is 0.105. The van der Waals surface area contributed by atoms with Crippen LogP contribution in [-0.4, -0.2) is 29.9 Å². The fraction of sp³-hybridized carbons (Fsp3) is 0.588. The van der Waals surface area contributed by atoms with Gasteiger partial charge in [-0.3, -0.25) is 9.69 Å². The molecule has 1 heterocycles. The summed E-state index contributed by atoms with van der Waals surface area (Å²) in [4.78, 5) is 14.1. The second kappa shape index (κ2) is 6.40. The first-order valence-electron chi connectivity index (χ1n) is 7.46. The van der Waals surface area contributed by atoms with Crippen LogP contribution in [0, 0.1) is 0 Å². The lowest BCUT2D eigenvalue weighted by Gasteiger charge is -2.39. The van der Waals surface area contributed by atoms with Crippen LogP contribution in [0.4, 0.5) is 0 Å². The molecule has 0 aromatic heterocycles. The molecule has 0 N–H and O–H groups in total. The number of Topliss-reactive ketones (excluding diaryl/α,β-unsaturated/α-hetero) is 1. The van der Waals surface area contributed by atoms with E-state index in [1.54, 1.807) is 14.0 Å². The van der Waals surface area contributed by atoms with E-state index in [1.165, 1.54) is 19.3 Å². The van der Waals surface area contributed by atoms with Crippen LogP contribution in [0.1, 0.15) is 56.0 Å². The molecule has 2 unspecified atom stereocenters. The second-order valence-electron chi connectivity index (χ2n) is 5.88. The van der Waals surface area contributed by atoms with E-state index in [9.17, 15) is 4.79 Å². The summed E-state index contributed by atoms with van der Waals surface area (Å²) in [5.74, 6) is 0.980. The number of piperidine rings is 1. The number of ketones is 1. The van der Waals surface area contributed by atoms with Crippen LogP contribution in [-0.2, 0) is 6.54 Å². The van der Waals surface area contributed by atoms with Crippen molar-refractivity contribution in [1.29, 1.82) is 0 Å². The molecule has 2 rings (SSSR count). The Bertz CT molecular complexity index is 474. The molecule has 20 heavy (non-hydrogen) atoms. The molecular formula is C17H25NO2. The van der Waals surface area contributed by atoms with Crippen molar-refractivity contribution in [2.75, 3.05) is 7.11 Å². The molecule has 0 aliphatic carbocycles. The molecular weight excluding hydrogens is 250 g/mol. The maximum absolute atomic E-state index is 11.6. The van der Waals surface area contributed by atoms with Gasteiger partial charge in [-0.2, -0.15) is 0 Å². The SMILES string of the molecule is COc1ccc(C(C)=O)cc1CN1C(C)CCCC1C. The van der Waals surface area contributed by atoms with Gasteiger partial charge in [0.15, 0.2) is 5.78 Å². The van der Waals surface area contributed by atoms with E-state index in [2.05, 4.69) is 18.7 Å². The van der Waals surface area contributed by atoms with Crippen LogP contribution in [0.25, 0.3) is 0 Å². The first-order chi connectivity index (χ1) is 9.52. The van der Waals surface area contributed by atoms with Crippen molar-refractivity contribution in [2.24, 2.45) is 0 Å². The third-order valence-electron chi connectivity index (χ3n) is 4.42. The quantitative estimate of drug-likeness (QED) is 0.785. The maximum Gasteiger partial charge on any atom is 0.159 e. The highest BCUT2D eigenvalue weighted by Crippen LogP contribution is 2.28. The van der Waals surface area contributed by atoms with Crippen molar-refractivity contribution in [3.05, 3.63) is 29.3 Å². The number of likely N-dealkylation sites (tertiary alicyclic amines) is 1. The molecule has 0 saturated carbocycles. The lowest BCUT2D eigenvalue weighted by molar-refractivity contribution is 0.0941. The summed E-state index contributed by atoms with van der Waals surface area (Å²) in [6, 6.07) is 6.91. The van der Waals surface area contributed by atoms with Gasteiger partial charge in [0, 0.05) is 29.8 Å². The molecule has 1 aliphatic heterocycles.